The molecule has 1 aromatic carbocycles. The fourth-order valence-corrected chi connectivity index (χ4v) is 3.39. The van der Waals surface area contributed by atoms with E-state index >= 15 is 0 Å². The highest BCUT2D eigenvalue weighted by Gasteiger charge is 2.19. The number of carbonyl (C=O) groups excluding carboxylic acids is 1. The number of amides is 1. The summed E-state index contributed by atoms with van der Waals surface area (Å²) in [4.78, 5) is 11.8. The Balaban J connectivity index is 1.91. The highest BCUT2D eigenvalue weighted by Crippen LogP contribution is 2.18. The van der Waals surface area contributed by atoms with Gasteiger partial charge < -0.3 is 11.1 Å². The molecule has 0 bridgehead atoms. The molecular weight excluding hydrogens is 279 g/mol. The van der Waals surface area contributed by atoms with Gasteiger partial charge in [0.15, 0.2) is 0 Å². The fraction of sp³-hybridized carbons (Fsp3) is 0.500. The molecule has 1 aliphatic carbocycles. The number of anilines is 1. The smallest absolute Gasteiger partial charge is 0.233 e. The van der Waals surface area contributed by atoms with Crippen LogP contribution in [0.4, 0.5) is 10.1 Å². The zero-order chi connectivity index (χ0) is 14.5. The van der Waals surface area contributed by atoms with Crippen LogP contribution in [0.2, 0.25) is 0 Å². The zero-order valence-electron chi connectivity index (χ0n) is 11.2. The molecule has 1 aromatic rings. The van der Waals surface area contributed by atoms with Crippen LogP contribution in [-0.4, -0.2) is 21.9 Å². The predicted octanol–water partition coefficient (Wildman–Crippen LogP) is 1.96. The van der Waals surface area contributed by atoms with Crippen molar-refractivity contribution in [1.29, 1.82) is 0 Å². The third kappa shape index (κ3) is 4.03. The predicted molar refractivity (Wildman–Crippen MR) is 77.1 cm³/mol. The lowest BCUT2D eigenvalue weighted by atomic mass is 9.95. The zero-order valence-corrected chi connectivity index (χ0v) is 12.0. The van der Waals surface area contributed by atoms with Crippen LogP contribution in [0, 0.1) is 5.82 Å². The Morgan fingerprint density at radius 1 is 1.35 bits per heavy atom. The molecule has 0 spiro atoms. The number of carbonyl (C=O) groups is 1. The second kappa shape index (κ2) is 6.83. The van der Waals surface area contributed by atoms with E-state index < -0.39 is 16.6 Å². The van der Waals surface area contributed by atoms with Crippen molar-refractivity contribution in [3.05, 3.63) is 24.0 Å². The molecule has 1 unspecified atom stereocenters. The summed E-state index contributed by atoms with van der Waals surface area (Å²) in [5.74, 6) is -1.13. The van der Waals surface area contributed by atoms with Gasteiger partial charge in [0, 0.05) is 11.7 Å². The molecule has 1 aliphatic rings. The average molecular weight is 298 g/mol. The van der Waals surface area contributed by atoms with Gasteiger partial charge in [-0.2, -0.15) is 0 Å². The van der Waals surface area contributed by atoms with E-state index in [0.717, 1.165) is 31.7 Å². The number of rotatable bonds is 4. The van der Waals surface area contributed by atoms with Crippen molar-refractivity contribution in [2.45, 2.75) is 43.0 Å². The SMILES string of the molecule is Nc1ccc(S(=O)CC(=O)NC2CCCCC2)c(F)c1. The van der Waals surface area contributed by atoms with Gasteiger partial charge in [0.2, 0.25) is 5.91 Å². The number of nitrogen functional groups attached to an aromatic ring is 1. The van der Waals surface area contributed by atoms with Gasteiger partial charge in [-0.15, -0.1) is 0 Å². The van der Waals surface area contributed by atoms with Crippen molar-refractivity contribution in [3.63, 3.8) is 0 Å². The topological polar surface area (TPSA) is 72.2 Å². The van der Waals surface area contributed by atoms with E-state index in [0.29, 0.717) is 0 Å². The van der Waals surface area contributed by atoms with Crippen LogP contribution in [0.3, 0.4) is 0 Å². The Kier molecular flexibility index (Phi) is 5.11. The molecule has 110 valence electrons. The van der Waals surface area contributed by atoms with Gasteiger partial charge in [0.25, 0.3) is 0 Å². The van der Waals surface area contributed by atoms with Crippen molar-refractivity contribution in [1.82, 2.24) is 5.32 Å². The van der Waals surface area contributed by atoms with Crippen LogP contribution in [0.15, 0.2) is 23.1 Å². The summed E-state index contributed by atoms with van der Waals surface area (Å²) in [5, 5.41) is 2.87. The molecule has 4 nitrogen and oxygen atoms in total. The van der Waals surface area contributed by atoms with Crippen LogP contribution in [0.1, 0.15) is 32.1 Å². The summed E-state index contributed by atoms with van der Waals surface area (Å²) in [6.45, 7) is 0. The third-order valence-corrected chi connectivity index (χ3v) is 4.78. The maximum Gasteiger partial charge on any atom is 0.233 e. The van der Waals surface area contributed by atoms with Crippen molar-refractivity contribution in [3.8, 4) is 0 Å². The minimum atomic E-state index is -1.68. The van der Waals surface area contributed by atoms with E-state index in [1.54, 1.807) is 0 Å². The van der Waals surface area contributed by atoms with Crippen LogP contribution < -0.4 is 11.1 Å². The van der Waals surface area contributed by atoms with Crippen LogP contribution in [0.5, 0.6) is 0 Å². The first kappa shape index (κ1) is 15.0. The Morgan fingerprint density at radius 2 is 2.05 bits per heavy atom. The number of nitrogens with one attached hydrogen (secondary N) is 1. The molecule has 0 aromatic heterocycles. The second-order valence-corrected chi connectivity index (χ2v) is 6.50. The van der Waals surface area contributed by atoms with Crippen LogP contribution in [0.25, 0.3) is 0 Å². The van der Waals surface area contributed by atoms with Crippen LogP contribution in [-0.2, 0) is 15.6 Å². The maximum absolute atomic E-state index is 13.6. The van der Waals surface area contributed by atoms with E-state index in [4.69, 9.17) is 5.73 Å². The maximum atomic E-state index is 13.6. The Labute approximate surface area is 120 Å². The van der Waals surface area contributed by atoms with E-state index in [2.05, 4.69) is 5.32 Å². The summed E-state index contributed by atoms with van der Waals surface area (Å²) in [7, 11) is -1.68. The summed E-state index contributed by atoms with van der Waals surface area (Å²) < 4.78 is 25.6. The first-order valence-electron chi connectivity index (χ1n) is 6.79. The highest BCUT2D eigenvalue weighted by atomic mass is 32.2. The highest BCUT2D eigenvalue weighted by molar-refractivity contribution is 7.85. The van der Waals surface area contributed by atoms with Gasteiger partial charge in [0.1, 0.15) is 11.6 Å². The van der Waals surface area contributed by atoms with E-state index in [-0.39, 0.29) is 28.3 Å². The molecule has 20 heavy (non-hydrogen) atoms. The van der Waals surface area contributed by atoms with Crippen molar-refractivity contribution < 1.29 is 13.4 Å². The molecule has 1 fully saturated rings. The monoisotopic (exact) mass is 298 g/mol. The van der Waals surface area contributed by atoms with Gasteiger partial charge in [-0.05, 0) is 31.0 Å². The fourth-order valence-electron chi connectivity index (χ4n) is 2.41. The van der Waals surface area contributed by atoms with Gasteiger partial charge in [-0.25, -0.2) is 4.39 Å². The normalized spacial score (nSPS) is 17.6. The third-order valence-electron chi connectivity index (χ3n) is 3.43. The second-order valence-electron chi connectivity index (χ2n) is 5.08. The van der Waals surface area contributed by atoms with Crippen molar-refractivity contribution >= 4 is 22.4 Å². The number of halogens is 1. The minimum Gasteiger partial charge on any atom is -0.399 e. The van der Waals surface area contributed by atoms with Gasteiger partial charge in [-0.1, -0.05) is 19.3 Å². The first-order chi connectivity index (χ1) is 9.56. The lowest BCUT2D eigenvalue weighted by molar-refractivity contribution is -0.119. The molecule has 0 aliphatic heterocycles. The number of hydrogen-bond donors (Lipinski definition) is 2. The van der Waals surface area contributed by atoms with E-state index in [9.17, 15) is 13.4 Å². The van der Waals surface area contributed by atoms with E-state index in [1.165, 1.54) is 18.6 Å². The van der Waals surface area contributed by atoms with Crippen molar-refractivity contribution in [2.24, 2.45) is 0 Å². The first-order valence-corrected chi connectivity index (χ1v) is 8.11. The van der Waals surface area contributed by atoms with Crippen LogP contribution >= 0.6 is 0 Å². The molecule has 0 heterocycles. The lowest BCUT2D eigenvalue weighted by Gasteiger charge is -2.22. The van der Waals surface area contributed by atoms with Gasteiger partial charge in [0.05, 0.1) is 15.7 Å². The largest absolute Gasteiger partial charge is 0.399 e. The van der Waals surface area contributed by atoms with Crippen molar-refractivity contribution in [2.75, 3.05) is 11.5 Å². The van der Waals surface area contributed by atoms with E-state index in [1.807, 2.05) is 0 Å². The molecule has 1 saturated carbocycles. The quantitative estimate of drug-likeness (QED) is 0.835. The summed E-state index contributed by atoms with van der Waals surface area (Å²) in [5.41, 5.74) is 5.71. The lowest BCUT2D eigenvalue weighted by Crippen LogP contribution is -2.38. The molecule has 3 N–H and O–H groups in total. The minimum absolute atomic E-state index is 0.0259. The standard InChI is InChI=1S/C14H19FN2O2S/c15-12-8-10(16)6-7-13(12)20(19)9-14(18)17-11-4-2-1-3-5-11/h6-8,11H,1-5,9,16H2,(H,17,18). The molecule has 6 heteroatoms. The summed E-state index contributed by atoms with van der Waals surface area (Å²) >= 11 is 0. The Morgan fingerprint density at radius 3 is 2.70 bits per heavy atom. The Bertz CT molecular complexity index is 516. The molecule has 1 atom stereocenters. The van der Waals surface area contributed by atoms with Gasteiger partial charge >= 0.3 is 0 Å². The number of nitrogens with two attached hydrogens (primary N) is 1. The average Bonchev–Trinajstić information content (AvgIpc) is 2.39. The number of hydrogen-bond acceptors (Lipinski definition) is 3. The molecule has 0 radical (unpaired) electrons. The number of benzene rings is 1. The molecule has 1 amide bonds. The molecule has 0 saturated heterocycles. The molecular formula is C14H19FN2O2S. The van der Waals surface area contributed by atoms with Gasteiger partial charge in [-0.3, -0.25) is 9.00 Å². The molecule has 2 rings (SSSR count). The Hall–Kier alpha value is -1.43. The summed E-state index contributed by atoms with van der Waals surface area (Å²) in [6, 6.07) is 4.14. The summed E-state index contributed by atoms with van der Waals surface area (Å²) in [6.07, 6.45) is 5.36.